The molecule has 0 saturated heterocycles. The molecule has 0 aliphatic rings. The molecule has 1 atom stereocenters. The second-order valence-electron chi connectivity index (χ2n) is 0.912. The lowest BCUT2D eigenvalue weighted by molar-refractivity contribution is 0.268. The number of rotatable bonds is 2. The first kappa shape index (κ1) is 6.92. The van der Waals surface area contributed by atoms with Crippen molar-refractivity contribution in [1.29, 1.82) is 0 Å². The van der Waals surface area contributed by atoms with Gasteiger partial charge in [0.15, 0.2) is 0 Å². The maximum absolute atomic E-state index is 8.44. The summed E-state index contributed by atoms with van der Waals surface area (Å²) in [5.41, 5.74) is 0. The molecule has 3 heteroatoms. The Morgan fingerprint density at radius 1 is 1.67 bits per heavy atom. The van der Waals surface area contributed by atoms with Gasteiger partial charge in [-0.15, -0.1) is 0 Å². The number of hydrogen-bond acceptors (Lipinski definition) is 1. The summed E-state index contributed by atoms with van der Waals surface area (Å²) in [5, 5.41) is 8.95. The second-order valence-corrected chi connectivity index (χ2v) is 2.76. The minimum Gasteiger partial charge on any atom is -0.382 e. The Kier molecular flexibility index (Phi) is 4.72. The monoisotopic (exact) mass is 216 g/mol. The van der Waals surface area contributed by atoms with Crippen LogP contribution in [0.4, 0.5) is 0 Å². The molecule has 0 fully saturated rings. The summed E-state index contributed by atoms with van der Waals surface area (Å²) in [6.45, 7) is 0. The fourth-order valence-electron chi connectivity index (χ4n) is 0.0900. The molecular formula is C3H6Br2O. The van der Waals surface area contributed by atoms with E-state index in [1.807, 2.05) is 0 Å². The summed E-state index contributed by atoms with van der Waals surface area (Å²) in [5.74, 6) is 0. The first-order valence-corrected chi connectivity index (χ1v) is 3.69. The van der Waals surface area contributed by atoms with E-state index in [9.17, 15) is 0 Å². The van der Waals surface area contributed by atoms with Crippen molar-refractivity contribution >= 4 is 31.9 Å². The topological polar surface area (TPSA) is 20.2 Å². The van der Waals surface area contributed by atoms with Gasteiger partial charge in [0.05, 0.1) is 0 Å². The molecule has 0 aliphatic heterocycles. The molecule has 0 radical (unpaired) electrons. The highest BCUT2D eigenvalue weighted by Crippen LogP contribution is 2.00. The van der Waals surface area contributed by atoms with Gasteiger partial charge in [-0.3, -0.25) is 0 Å². The fraction of sp³-hybridized carbons (Fsp3) is 1.00. The van der Waals surface area contributed by atoms with Crippen LogP contribution in [-0.4, -0.2) is 15.4 Å². The average Bonchev–Trinajstić information content (AvgIpc) is 1.35. The van der Waals surface area contributed by atoms with Crippen LogP contribution in [0.1, 0.15) is 6.42 Å². The first-order chi connectivity index (χ1) is 2.77. The van der Waals surface area contributed by atoms with Crippen LogP contribution in [0, 0.1) is 0 Å². The van der Waals surface area contributed by atoms with Gasteiger partial charge in [0, 0.05) is 5.33 Å². The van der Waals surface area contributed by atoms with Crippen molar-refractivity contribution in [2.24, 2.45) is 0 Å². The molecule has 0 saturated carbocycles. The van der Waals surface area contributed by atoms with Crippen molar-refractivity contribution in [3.05, 3.63) is 0 Å². The Bertz CT molecular complexity index is 30.0. The van der Waals surface area contributed by atoms with Crippen LogP contribution >= 0.6 is 31.9 Å². The maximum Gasteiger partial charge on any atom is 0.109 e. The lowest BCUT2D eigenvalue weighted by atomic mass is 10.5. The van der Waals surface area contributed by atoms with E-state index in [0.29, 0.717) is 0 Å². The highest BCUT2D eigenvalue weighted by molar-refractivity contribution is 9.10. The SMILES string of the molecule is OC(Br)CCBr. The summed E-state index contributed by atoms with van der Waals surface area (Å²) in [7, 11) is 0. The molecule has 0 aliphatic carbocycles. The van der Waals surface area contributed by atoms with Crippen LogP contribution < -0.4 is 0 Å². The van der Waals surface area contributed by atoms with Crippen LogP contribution in [0.15, 0.2) is 0 Å². The van der Waals surface area contributed by atoms with Crippen molar-refractivity contribution in [2.45, 2.75) is 11.4 Å². The third-order valence-electron chi connectivity index (χ3n) is 0.347. The molecule has 0 bridgehead atoms. The minimum atomic E-state index is -0.336. The number of hydrogen-bond donors (Lipinski definition) is 1. The Morgan fingerprint density at radius 3 is 2.17 bits per heavy atom. The van der Waals surface area contributed by atoms with Crippen molar-refractivity contribution in [2.75, 3.05) is 5.33 Å². The normalized spacial score (nSPS) is 14.5. The summed E-state index contributed by atoms with van der Waals surface area (Å²) < 4.78 is 0. The van der Waals surface area contributed by atoms with Crippen molar-refractivity contribution in [3.63, 3.8) is 0 Å². The van der Waals surface area contributed by atoms with Crippen molar-refractivity contribution in [1.82, 2.24) is 0 Å². The van der Waals surface area contributed by atoms with Gasteiger partial charge in [-0.1, -0.05) is 31.9 Å². The standard InChI is InChI=1S/C3H6Br2O/c4-2-1-3(5)6/h3,6H,1-2H2. The summed E-state index contributed by atoms with van der Waals surface area (Å²) in [6.07, 6.45) is 0.764. The van der Waals surface area contributed by atoms with Crippen LogP contribution in [0.25, 0.3) is 0 Å². The van der Waals surface area contributed by atoms with Gasteiger partial charge in [-0.05, 0) is 6.42 Å². The predicted molar refractivity (Wildman–Crippen MR) is 33.3 cm³/mol. The Balaban J connectivity index is 2.63. The largest absolute Gasteiger partial charge is 0.382 e. The van der Waals surface area contributed by atoms with Gasteiger partial charge in [0.2, 0.25) is 0 Å². The molecule has 6 heavy (non-hydrogen) atoms. The molecule has 0 rings (SSSR count). The highest BCUT2D eigenvalue weighted by atomic mass is 79.9. The summed E-state index contributed by atoms with van der Waals surface area (Å²) in [6, 6.07) is 0. The first-order valence-electron chi connectivity index (χ1n) is 1.65. The van der Waals surface area contributed by atoms with E-state index in [4.69, 9.17) is 5.11 Å². The second kappa shape index (κ2) is 4.09. The molecule has 1 nitrogen and oxygen atoms in total. The van der Waals surface area contributed by atoms with Gasteiger partial charge in [0.1, 0.15) is 5.01 Å². The van der Waals surface area contributed by atoms with Crippen LogP contribution in [0.5, 0.6) is 0 Å². The minimum absolute atomic E-state index is 0.336. The molecule has 38 valence electrons. The Morgan fingerprint density at radius 2 is 2.17 bits per heavy atom. The van der Waals surface area contributed by atoms with Gasteiger partial charge < -0.3 is 5.11 Å². The maximum atomic E-state index is 8.44. The molecular weight excluding hydrogens is 212 g/mol. The molecule has 1 unspecified atom stereocenters. The van der Waals surface area contributed by atoms with E-state index < -0.39 is 0 Å². The molecule has 0 spiro atoms. The van der Waals surface area contributed by atoms with Crippen LogP contribution in [-0.2, 0) is 0 Å². The average molecular weight is 218 g/mol. The van der Waals surface area contributed by atoms with Crippen LogP contribution in [0.2, 0.25) is 0 Å². The van der Waals surface area contributed by atoms with E-state index in [0.717, 1.165) is 11.8 Å². The fourth-order valence-corrected chi connectivity index (χ4v) is 1.37. The van der Waals surface area contributed by atoms with E-state index in [-0.39, 0.29) is 5.01 Å². The molecule has 0 amide bonds. The Labute approximate surface area is 54.0 Å². The van der Waals surface area contributed by atoms with Crippen LogP contribution in [0.3, 0.4) is 0 Å². The summed E-state index contributed by atoms with van der Waals surface area (Å²) >= 11 is 6.12. The molecule has 0 heterocycles. The van der Waals surface area contributed by atoms with Gasteiger partial charge in [-0.2, -0.15) is 0 Å². The predicted octanol–water partition coefficient (Wildman–Crippen LogP) is 1.48. The van der Waals surface area contributed by atoms with E-state index in [1.54, 1.807) is 0 Å². The molecule has 0 aromatic carbocycles. The highest BCUT2D eigenvalue weighted by Gasteiger charge is 1.90. The molecule has 0 aromatic rings. The summed E-state index contributed by atoms with van der Waals surface area (Å²) in [4.78, 5) is 0. The van der Waals surface area contributed by atoms with E-state index in [2.05, 4.69) is 31.9 Å². The van der Waals surface area contributed by atoms with Gasteiger partial charge in [-0.25, -0.2) is 0 Å². The third kappa shape index (κ3) is 4.92. The van der Waals surface area contributed by atoms with E-state index in [1.165, 1.54) is 0 Å². The Hall–Kier alpha value is 0.920. The van der Waals surface area contributed by atoms with E-state index >= 15 is 0 Å². The number of halogens is 2. The quantitative estimate of drug-likeness (QED) is 0.696. The zero-order chi connectivity index (χ0) is 4.99. The molecule has 1 N–H and O–H groups in total. The third-order valence-corrected chi connectivity index (χ3v) is 1.26. The van der Waals surface area contributed by atoms with Crippen molar-refractivity contribution < 1.29 is 5.11 Å². The van der Waals surface area contributed by atoms with Gasteiger partial charge in [0.25, 0.3) is 0 Å². The van der Waals surface area contributed by atoms with Crippen molar-refractivity contribution in [3.8, 4) is 0 Å². The molecule has 0 aromatic heterocycles. The number of alkyl halides is 2. The van der Waals surface area contributed by atoms with Gasteiger partial charge >= 0.3 is 0 Å². The smallest absolute Gasteiger partial charge is 0.109 e. The number of aliphatic hydroxyl groups is 1. The number of aliphatic hydroxyl groups excluding tert-OH is 1. The zero-order valence-electron chi connectivity index (χ0n) is 3.19. The lowest BCUT2D eigenvalue weighted by Crippen LogP contribution is -1.92. The lowest BCUT2D eigenvalue weighted by Gasteiger charge is -1.92. The zero-order valence-corrected chi connectivity index (χ0v) is 6.37.